The van der Waals surface area contributed by atoms with E-state index >= 15 is 0 Å². The van der Waals surface area contributed by atoms with Crippen molar-refractivity contribution in [2.24, 2.45) is 0 Å². The number of nitrogens with zero attached hydrogens (tertiary/aromatic N) is 4. The second-order valence-electron chi connectivity index (χ2n) is 6.38. The lowest BCUT2D eigenvalue weighted by Crippen LogP contribution is -2.35. The van der Waals surface area contributed by atoms with E-state index in [0.717, 1.165) is 5.69 Å². The number of hydrogen-bond donors (Lipinski definition) is 1. The van der Waals surface area contributed by atoms with Crippen LogP contribution >= 0.6 is 0 Å². The van der Waals surface area contributed by atoms with Gasteiger partial charge in [0.25, 0.3) is 5.56 Å². The highest BCUT2D eigenvalue weighted by molar-refractivity contribution is 5.52. The minimum Gasteiger partial charge on any atom is -0.497 e. The highest BCUT2D eigenvalue weighted by atomic mass is 19.1. The Labute approximate surface area is 154 Å². The van der Waals surface area contributed by atoms with Gasteiger partial charge in [0, 0.05) is 50.1 Å². The van der Waals surface area contributed by atoms with Crippen molar-refractivity contribution in [3.8, 4) is 17.1 Å². The molecule has 2 aromatic heterocycles. The van der Waals surface area contributed by atoms with Gasteiger partial charge in [-0.25, -0.2) is 19.3 Å². The van der Waals surface area contributed by atoms with E-state index in [9.17, 15) is 9.18 Å². The zero-order chi connectivity index (χ0) is 18.8. The summed E-state index contributed by atoms with van der Waals surface area (Å²) in [6.45, 7) is 1.54. The second-order valence-corrected chi connectivity index (χ2v) is 6.38. The molecule has 0 spiro atoms. The zero-order valence-electron chi connectivity index (χ0n) is 14.8. The van der Waals surface area contributed by atoms with Crippen LogP contribution in [0.5, 0.6) is 5.75 Å². The van der Waals surface area contributed by atoms with Gasteiger partial charge in [-0.3, -0.25) is 9.69 Å². The van der Waals surface area contributed by atoms with E-state index in [0.29, 0.717) is 54.3 Å². The Morgan fingerprint density at radius 2 is 2.11 bits per heavy atom. The number of aromatic nitrogens is 4. The van der Waals surface area contributed by atoms with Gasteiger partial charge in [-0.1, -0.05) is 6.07 Å². The lowest BCUT2D eigenvalue weighted by molar-refractivity contribution is 0.238. The normalized spacial score (nSPS) is 14.0. The van der Waals surface area contributed by atoms with Crippen LogP contribution in [0.25, 0.3) is 11.4 Å². The lowest BCUT2D eigenvalue weighted by atomic mass is 10.1. The van der Waals surface area contributed by atoms with E-state index < -0.39 is 0 Å². The van der Waals surface area contributed by atoms with Crippen LogP contribution in [0.1, 0.15) is 16.8 Å². The molecule has 3 heterocycles. The summed E-state index contributed by atoms with van der Waals surface area (Å²) >= 11 is 0. The molecule has 0 amide bonds. The summed E-state index contributed by atoms with van der Waals surface area (Å²) in [5.74, 6) is 0.638. The number of aromatic amines is 1. The van der Waals surface area contributed by atoms with Crippen LogP contribution in [0.2, 0.25) is 0 Å². The minimum atomic E-state index is -0.313. The molecule has 7 nitrogen and oxygen atoms in total. The Morgan fingerprint density at radius 1 is 1.30 bits per heavy atom. The maximum absolute atomic E-state index is 14.2. The summed E-state index contributed by atoms with van der Waals surface area (Å²) in [4.78, 5) is 29.9. The maximum atomic E-state index is 14.2. The van der Waals surface area contributed by atoms with E-state index in [4.69, 9.17) is 4.74 Å². The Morgan fingerprint density at radius 3 is 2.85 bits per heavy atom. The van der Waals surface area contributed by atoms with E-state index in [1.54, 1.807) is 24.5 Å². The van der Waals surface area contributed by atoms with Gasteiger partial charge in [0.15, 0.2) is 0 Å². The first-order valence-electron chi connectivity index (χ1n) is 8.56. The largest absolute Gasteiger partial charge is 0.497 e. The fourth-order valence-electron chi connectivity index (χ4n) is 3.20. The summed E-state index contributed by atoms with van der Waals surface area (Å²) in [6, 6.07) is 4.82. The first-order chi connectivity index (χ1) is 13.1. The Hall–Kier alpha value is -3.13. The van der Waals surface area contributed by atoms with Gasteiger partial charge >= 0.3 is 0 Å². The fourth-order valence-corrected chi connectivity index (χ4v) is 3.20. The third-order valence-corrected chi connectivity index (χ3v) is 4.64. The average Bonchev–Trinajstić information content (AvgIpc) is 2.70. The summed E-state index contributed by atoms with van der Waals surface area (Å²) in [6.07, 6.45) is 5.27. The molecule has 4 rings (SSSR count). The van der Waals surface area contributed by atoms with Gasteiger partial charge in [0.2, 0.25) is 0 Å². The average molecular weight is 367 g/mol. The van der Waals surface area contributed by atoms with Gasteiger partial charge in [0.05, 0.1) is 23.9 Å². The number of hydrogen-bond acceptors (Lipinski definition) is 6. The summed E-state index contributed by atoms with van der Waals surface area (Å²) in [5, 5.41) is 0. The van der Waals surface area contributed by atoms with Crippen LogP contribution in [0, 0.1) is 5.82 Å². The number of rotatable bonds is 4. The molecule has 3 aromatic rings. The van der Waals surface area contributed by atoms with Crippen LogP contribution < -0.4 is 10.3 Å². The molecule has 27 heavy (non-hydrogen) atoms. The monoisotopic (exact) mass is 367 g/mol. The molecule has 1 aliphatic heterocycles. The molecule has 0 unspecified atom stereocenters. The van der Waals surface area contributed by atoms with E-state index in [2.05, 4.69) is 19.9 Å². The summed E-state index contributed by atoms with van der Waals surface area (Å²) in [7, 11) is 1.51. The molecule has 1 aliphatic rings. The number of ether oxygens (including phenoxy) is 1. The van der Waals surface area contributed by atoms with Crippen LogP contribution in [0.4, 0.5) is 4.39 Å². The molecule has 0 bridgehead atoms. The van der Waals surface area contributed by atoms with Crippen molar-refractivity contribution in [3.05, 3.63) is 69.9 Å². The van der Waals surface area contributed by atoms with Crippen molar-refractivity contribution in [1.82, 2.24) is 24.8 Å². The fraction of sp³-hybridized carbons (Fsp3) is 0.263. The maximum Gasteiger partial charge on any atom is 0.255 e. The summed E-state index contributed by atoms with van der Waals surface area (Å²) < 4.78 is 19.2. The molecule has 0 saturated heterocycles. The molecular weight excluding hydrogens is 349 g/mol. The number of H-pyrrole nitrogens is 1. The van der Waals surface area contributed by atoms with Crippen molar-refractivity contribution in [3.63, 3.8) is 0 Å². The zero-order valence-corrected chi connectivity index (χ0v) is 14.8. The molecule has 8 heteroatoms. The van der Waals surface area contributed by atoms with Gasteiger partial charge in [-0.05, 0) is 6.07 Å². The first kappa shape index (κ1) is 17.3. The van der Waals surface area contributed by atoms with Gasteiger partial charge in [0.1, 0.15) is 23.7 Å². The highest BCUT2D eigenvalue weighted by Crippen LogP contribution is 2.22. The predicted molar refractivity (Wildman–Crippen MR) is 96.7 cm³/mol. The van der Waals surface area contributed by atoms with Gasteiger partial charge in [-0.2, -0.15) is 0 Å². The second kappa shape index (κ2) is 7.24. The van der Waals surface area contributed by atoms with Crippen molar-refractivity contribution in [1.29, 1.82) is 0 Å². The van der Waals surface area contributed by atoms with Crippen molar-refractivity contribution < 1.29 is 9.13 Å². The standard InChI is InChI=1S/C19H18FN5O2/c1-27-14-3-2-12(16(20)6-14)9-25-5-4-17-15(10-25)19(26)24-18(23-17)13-7-21-11-22-8-13/h2-3,6-8,11H,4-5,9-10H2,1H3,(H,23,24,26). The Bertz CT molecular complexity index is 1020. The summed E-state index contributed by atoms with van der Waals surface area (Å²) in [5.41, 5.74) is 2.44. The minimum absolute atomic E-state index is 0.182. The van der Waals surface area contributed by atoms with Crippen molar-refractivity contribution in [2.75, 3.05) is 13.7 Å². The molecule has 138 valence electrons. The van der Waals surface area contributed by atoms with Crippen molar-refractivity contribution >= 4 is 0 Å². The number of halogens is 1. The van der Waals surface area contributed by atoms with Crippen LogP contribution in [0.3, 0.4) is 0 Å². The Balaban J connectivity index is 1.56. The molecule has 0 atom stereocenters. The first-order valence-corrected chi connectivity index (χ1v) is 8.56. The molecule has 1 N–H and O–H groups in total. The SMILES string of the molecule is COc1ccc(CN2CCc3nc(-c4cncnc4)[nH]c(=O)c3C2)c(F)c1. The van der Waals surface area contributed by atoms with Crippen LogP contribution in [-0.4, -0.2) is 38.5 Å². The van der Waals surface area contributed by atoms with Crippen LogP contribution in [0.15, 0.2) is 41.7 Å². The molecule has 0 aliphatic carbocycles. The van der Waals surface area contributed by atoms with E-state index in [-0.39, 0.29) is 11.4 Å². The quantitative estimate of drug-likeness (QED) is 0.759. The molecule has 1 aromatic carbocycles. The third-order valence-electron chi connectivity index (χ3n) is 4.64. The molecule has 0 fully saturated rings. The van der Waals surface area contributed by atoms with Crippen molar-refractivity contribution in [2.45, 2.75) is 19.5 Å². The highest BCUT2D eigenvalue weighted by Gasteiger charge is 2.22. The Kier molecular flexibility index (Phi) is 4.64. The van der Waals surface area contributed by atoms with E-state index in [1.165, 1.54) is 19.5 Å². The topological polar surface area (TPSA) is 84.0 Å². The van der Waals surface area contributed by atoms with E-state index in [1.807, 2.05) is 4.90 Å². The lowest BCUT2D eigenvalue weighted by Gasteiger charge is -2.27. The number of fused-ring (bicyclic) bond motifs is 1. The number of benzene rings is 1. The number of methoxy groups -OCH3 is 1. The predicted octanol–water partition coefficient (Wildman–Crippen LogP) is 1.93. The third kappa shape index (κ3) is 3.56. The van der Waals surface area contributed by atoms with Crippen LogP contribution in [-0.2, 0) is 19.5 Å². The molecule has 0 radical (unpaired) electrons. The molecule has 0 saturated carbocycles. The van der Waals surface area contributed by atoms with Gasteiger partial charge < -0.3 is 9.72 Å². The number of nitrogens with one attached hydrogen (secondary N) is 1. The van der Waals surface area contributed by atoms with Gasteiger partial charge in [-0.15, -0.1) is 0 Å². The smallest absolute Gasteiger partial charge is 0.255 e. The molecular formula is C19H18FN5O2.